The van der Waals surface area contributed by atoms with Crippen molar-refractivity contribution in [2.75, 3.05) is 14.2 Å². The first-order chi connectivity index (χ1) is 8.63. The molecule has 0 unspecified atom stereocenters. The van der Waals surface area contributed by atoms with Crippen LogP contribution in [0, 0.1) is 0 Å². The normalized spacial score (nSPS) is 10.2. The molecule has 2 rings (SSSR count). The van der Waals surface area contributed by atoms with Crippen molar-refractivity contribution in [2.24, 2.45) is 0 Å². The third kappa shape index (κ3) is 2.63. The maximum atomic E-state index is 5.74. The molecule has 0 saturated heterocycles. The van der Waals surface area contributed by atoms with Crippen LogP contribution in [-0.4, -0.2) is 29.2 Å². The minimum atomic E-state index is 0.0304. The first kappa shape index (κ1) is 12.9. The van der Waals surface area contributed by atoms with Crippen molar-refractivity contribution < 1.29 is 9.47 Å². The molecule has 0 aliphatic carbocycles. The van der Waals surface area contributed by atoms with Crippen molar-refractivity contribution in [1.29, 1.82) is 0 Å². The van der Waals surface area contributed by atoms with Gasteiger partial charge in [0.25, 0.3) is 0 Å². The molecule has 0 aliphatic heterocycles. The van der Waals surface area contributed by atoms with Crippen LogP contribution in [0.5, 0.6) is 11.5 Å². The van der Waals surface area contributed by atoms with Crippen LogP contribution in [0.4, 0.5) is 0 Å². The van der Waals surface area contributed by atoms with Crippen LogP contribution in [0.2, 0.25) is 10.6 Å². The molecule has 2 aromatic rings. The molecule has 0 fully saturated rings. The van der Waals surface area contributed by atoms with E-state index >= 15 is 0 Å². The topological polar surface area (TPSA) is 57.1 Å². The van der Waals surface area contributed by atoms with Gasteiger partial charge in [-0.1, -0.05) is 0 Å². The van der Waals surface area contributed by atoms with Crippen molar-refractivity contribution in [2.45, 2.75) is 0 Å². The Kier molecular flexibility index (Phi) is 3.84. The van der Waals surface area contributed by atoms with Crippen LogP contribution in [-0.2, 0) is 0 Å². The fourth-order valence-corrected chi connectivity index (χ4v) is 1.79. The predicted octanol–water partition coefficient (Wildman–Crippen LogP) is 2.86. The SMILES string of the molecule is COc1ccc(-c2nc(Cl)nc(Cl)n2)c(OC)c1. The Morgan fingerprint density at radius 1 is 0.944 bits per heavy atom. The fraction of sp³-hybridized carbons (Fsp3) is 0.182. The lowest BCUT2D eigenvalue weighted by atomic mass is 10.2. The Morgan fingerprint density at radius 3 is 2.17 bits per heavy atom. The first-order valence-corrected chi connectivity index (χ1v) is 5.69. The third-order valence-electron chi connectivity index (χ3n) is 2.23. The quantitative estimate of drug-likeness (QED) is 0.868. The number of nitrogens with zero attached hydrogens (tertiary/aromatic N) is 3. The Labute approximate surface area is 114 Å². The van der Waals surface area contributed by atoms with Crippen molar-refractivity contribution in [3.05, 3.63) is 28.8 Å². The highest BCUT2D eigenvalue weighted by Crippen LogP contribution is 2.31. The van der Waals surface area contributed by atoms with Gasteiger partial charge in [0.15, 0.2) is 5.82 Å². The lowest BCUT2D eigenvalue weighted by Crippen LogP contribution is -1.96. The van der Waals surface area contributed by atoms with Gasteiger partial charge >= 0.3 is 0 Å². The van der Waals surface area contributed by atoms with Gasteiger partial charge in [-0.3, -0.25) is 0 Å². The summed E-state index contributed by atoms with van der Waals surface area (Å²) in [7, 11) is 3.12. The monoisotopic (exact) mass is 285 g/mol. The zero-order valence-corrected chi connectivity index (χ0v) is 11.2. The second kappa shape index (κ2) is 5.37. The summed E-state index contributed by atoms with van der Waals surface area (Å²) < 4.78 is 10.4. The van der Waals surface area contributed by atoms with E-state index in [2.05, 4.69) is 15.0 Å². The Hall–Kier alpha value is -1.59. The summed E-state index contributed by atoms with van der Waals surface area (Å²) in [6, 6.07) is 5.25. The molecule has 5 nitrogen and oxygen atoms in total. The molecule has 0 bridgehead atoms. The number of ether oxygens (including phenoxy) is 2. The molecule has 0 amide bonds. The van der Waals surface area contributed by atoms with E-state index in [9.17, 15) is 0 Å². The van der Waals surface area contributed by atoms with Gasteiger partial charge in [0.05, 0.1) is 19.8 Å². The minimum Gasteiger partial charge on any atom is -0.497 e. The summed E-state index contributed by atoms with van der Waals surface area (Å²) >= 11 is 11.5. The zero-order valence-electron chi connectivity index (χ0n) is 9.65. The molecule has 94 valence electrons. The molecule has 0 aliphatic rings. The van der Waals surface area contributed by atoms with Crippen LogP contribution >= 0.6 is 23.2 Å². The standard InChI is InChI=1S/C11H9Cl2N3O2/c1-17-6-3-4-7(8(5-6)18-2)9-14-10(12)16-11(13)15-9/h3-5H,1-2H3. The van der Waals surface area contributed by atoms with E-state index < -0.39 is 0 Å². The van der Waals surface area contributed by atoms with E-state index in [4.69, 9.17) is 32.7 Å². The largest absolute Gasteiger partial charge is 0.497 e. The number of hydrogen-bond donors (Lipinski definition) is 0. The van der Waals surface area contributed by atoms with Gasteiger partial charge in [0.1, 0.15) is 11.5 Å². The number of hydrogen-bond acceptors (Lipinski definition) is 5. The molecule has 0 N–H and O–H groups in total. The zero-order chi connectivity index (χ0) is 13.1. The summed E-state index contributed by atoms with van der Waals surface area (Å²) in [6.07, 6.45) is 0. The van der Waals surface area contributed by atoms with Crippen LogP contribution in [0.3, 0.4) is 0 Å². The van der Waals surface area contributed by atoms with Crippen molar-refractivity contribution in [3.8, 4) is 22.9 Å². The summed E-state index contributed by atoms with van der Waals surface area (Å²) in [6.45, 7) is 0. The van der Waals surface area contributed by atoms with Crippen LogP contribution in [0.25, 0.3) is 11.4 Å². The lowest BCUT2D eigenvalue weighted by Gasteiger charge is -2.09. The number of halogens is 2. The molecular formula is C11H9Cl2N3O2. The highest BCUT2D eigenvalue weighted by Gasteiger charge is 2.12. The number of benzene rings is 1. The van der Waals surface area contributed by atoms with Gasteiger partial charge in [0, 0.05) is 6.07 Å². The van der Waals surface area contributed by atoms with Crippen molar-refractivity contribution in [3.63, 3.8) is 0 Å². The Morgan fingerprint density at radius 2 is 1.61 bits per heavy atom. The maximum Gasteiger partial charge on any atom is 0.227 e. The van der Waals surface area contributed by atoms with Gasteiger partial charge in [-0.25, -0.2) is 0 Å². The molecule has 0 saturated carbocycles. The van der Waals surface area contributed by atoms with Crippen LogP contribution in [0.15, 0.2) is 18.2 Å². The molecular weight excluding hydrogens is 277 g/mol. The van der Waals surface area contributed by atoms with Gasteiger partial charge in [0.2, 0.25) is 10.6 Å². The van der Waals surface area contributed by atoms with E-state index in [-0.39, 0.29) is 10.6 Å². The van der Waals surface area contributed by atoms with E-state index in [1.54, 1.807) is 32.4 Å². The van der Waals surface area contributed by atoms with Gasteiger partial charge in [-0.15, -0.1) is 0 Å². The summed E-state index contributed by atoms with van der Waals surface area (Å²) in [5, 5.41) is 0.0609. The van der Waals surface area contributed by atoms with Crippen LogP contribution < -0.4 is 9.47 Å². The van der Waals surface area contributed by atoms with Crippen LogP contribution in [0.1, 0.15) is 0 Å². The number of rotatable bonds is 3. The molecule has 0 spiro atoms. The van der Waals surface area contributed by atoms with E-state index in [1.807, 2.05) is 0 Å². The minimum absolute atomic E-state index is 0.0304. The van der Waals surface area contributed by atoms with Crippen molar-refractivity contribution in [1.82, 2.24) is 15.0 Å². The highest BCUT2D eigenvalue weighted by molar-refractivity contribution is 6.31. The predicted molar refractivity (Wildman–Crippen MR) is 68.4 cm³/mol. The molecule has 0 radical (unpaired) electrons. The summed E-state index contributed by atoms with van der Waals surface area (Å²) in [4.78, 5) is 11.7. The Bertz CT molecular complexity index is 558. The molecule has 1 aromatic carbocycles. The fourth-order valence-electron chi connectivity index (χ4n) is 1.43. The van der Waals surface area contributed by atoms with Gasteiger partial charge in [-0.2, -0.15) is 15.0 Å². The lowest BCUT2D eigenvalue weighted by molar-refractivity contribution is 0.395. The summed E-state index contributed by atoms with van der Waals surface area (Å²) in [5.41, 5.74) is 0.657. The van der Waals surface area contributed by atoms with E-state index in [0.29, 0.717) is 22.9 Å². The maximum absolute atomic E-state index is 5.74. The van der Waals surface area contributed by atoms with E-state index in [0.717, 1.165) is 0 Å². The van der Waals surface area contributed by atoms with E-state index in [1.165, 1.54) is 0 Å². The Balaban J connectivity index is 2.55. The molecule has 1 aromatic heterocycles. The number of methoxy groups -OCH3 is 2. The molecule has 7 heteroatoms. The number of aromatic nitrogens is 3. The average Bonchev–Trinajstić information content (AvgIpc) is 2.36. The average molecular weight is 286 g/mol. The van der Waals surface area contributed by atoms with Crippen molar-refractivity contribution >= 4 is 23.2 Å². The summed E-state index contributed by atoms with van der Waals surface area (Å²) in [5.74, 6) is 1.58. The van der Waals surface area contributed by atoms with Gasteiger partial charge in [-0.05, 0) is 35.3 Å². The molecule has 18 heavy (non-hydrogen) atoms. The smallest absolute Gasteiger partial charge is 0.227 e. The highest BCUT2D eigenvalue weighted by atomic mass is 35.5. The third-order valence-corrected chi connectivity index (χ3v) is 2.57. The van der Waals surface area contributed by atoms with Gasteiger partial charge < -0.3 is 9.47 Å². The second-order valence-electron chi connectivity index (χ2n) is 3.26. The first-order valence-electron chi connectivity index (χ1n) is 4.93. The molecule has 1 heterocycles. The second-order valence-corrected chi connectivity index (χ2v) is 3.94. The molecule has 0 atom stereocenters.